The molecule has 136 valence electrons. The number of carbonyl (C=O) groups excluding carboxylic acids is 2. The van der Waals surface area contributed by atoms with Crippen molar-refractivity contribution in [3.8, 4) is 0 Å². The van der Waals surface area contributed by atoms with Gasteiger partial charge in [0.15, 0.2) is 0 Å². The van der Waals surface area contributed by atoms with Crippen LogP contribution in [0.2, 0.25) is 0 Å². The van der Waals surface area contributed by atoms with Gasteiger partial charge in [0.25, 0.3) is 0 Å². The fourth-order valence-corrected chi connectivity index (χ4v) is 3.43. The second-order valence-corrected chi connectivity index (χ2v) is 7.16. The molecule has 0 saturated carbocycles. The lowest BCUT2D eigenvalue weighted by Crippen LogP contribution is -2.28. The summed E-state index contributed by atoms with van der Waals surface area (Å²) in [4.78, 5) is 26.9. The van der Waals surface area contributed by atoms with E-state index in [4.69, 9.17) is 0 Å². The van der Waals surface area contributed by atoms with Gasteiger partial charge in [0.05, 0.1) is 5.92 Å². The van der Waals surface area contributed by atoms with Gasteiger partial charge in [-0.1, -0.05) is 51.1 Å². The predicted octanol–water partition coefficient (Wildman–Crippen LogP) is 4.36. The summed E-state index contributed by atoms with van der Waals surface area (Å²) >= 11 is 0. The average molecular weight is 350 g/mol. The maximum atomic E-state index is 12.7. The van der Waals surface area contributed by atoms with Crippen LogP contribution in [-0.2, 0) is 16.0 Å². The number of nitrogens with zero attached hydrogens (tertiary/aromatic N) is 1. The second kappa shape index (κ2) is 7.73. The Morgan fingerprint density at radius 3 is 2.69 bits per heavy atom. The molecule has 1 aliphatic rings. The van der Waals surface area contributed by atoms with Crippen molar-refractivity contribution in [2.45, 2.75) is 39.5 Å². The highest BCUT2D eigenvalue weighted by atomic mass is 16.2. The average Bonchev–Trinajstić information content (AvgIpc) is 3.04. The first-order valence-corrected chi connectivity index (χ1v) is 9.28. The third-order valence-electron chi connectivity index (χ3n) is 4.97. The van der Waals surface area contributed by atoms with Crippen molar-refractivity contribution in [1.82, 2.24) is 0 Å². The quantitative estimate of drug-likeness (QED) is 0.871. The van der Waals surface area contributed by atoms with Gasteiger partial charge in [-0.2, -0.15) is 0 Å². The number of aryl methyl sites for hydroxylation is 1. The summed E-state index contributed by atoms with van der Waals surface area (Å²) < 4.78 is 0. The first-order chi connectivity index (χ1) is 12.5. The van der Waals surface area contributed by atoms with Crippen LogP contribution in [0.15, 0.2) is 48.5 Å². The van der Waals surface area contributed by atoms with Crippen molar-refractivity contribution in [3.05, 3.63) is 59.7 Å². The number of carbonyl (C=O) groups is 2. The Hall–Kier alpha value is -2.62. The third-order valence-corrected chi connectivity index (χ3v) is 4.97. The Bertz CT molecular complexity index is 813. The lowest BCUT2D eigenvalue weighted by atomic mass is 10.0. The number of hydrogen-bond donors (Lipinski definition) is 1. The molecule has 0 bridgehead atoms. The molecular weight excluding hydrogens is 324 g/mol. The number of amides is 2. The molecule has 1 atom stereocenters. The van der Waals surface area contributed by atoms with E-state index in [1.807, 2.05) is 42.5 Å². The number of rotatable bonds is 5. The number of anilines is 2. The van der Waals surface area contributed by atoms with Crippen LogP contribution in [0, 0.1) is 5.92 Å². The maximum Gasteiger partial charge on any atom is 0.229 e. The van der Waals surface area contributed by atoms with E-state index < -0.39 is 0 Å². The zero-order valence-corrected chi connectivity index (χ0v) is 15.7. The van der Waals surface area contributed by atoms with Crippen LogP contribution in [0.4, 0.5) is 11.4 Å². The van der Waals surface area contributed by atoms with Gasteiger partial charge in [0.1, 0.15) is 0 Å². The normalized spacial score (nSPS) is 17.0. The monoisotopic (exact) mass is 350 g/mol. The van der Waals surface area contributed by atoms with E-state index in [0.717, 1.165) is 23.4 Å². The van der Waals surface area contributed by atoms with Crippen LogP contribution < -0.4 is 10.2 Å². The van der Waals surface area contributed by atoms with E-state index in [2.05, 4.69) is 32.2 Å². The van der Waals surface area contributed by atoms with Crippen LogP contribution in [-0.4, -0.2) is 18.4 Å². The zero-order chi connectivity index (χ0) is 18.7. The molecule has 2 aromatic carbocycles. The summed E-state index contributed by atoms with van der Waals surface area (Å²) in [6.45, 7) is 6.73. The van der Waals surface area contributed by atoms with Gasteiger partial charge in [-0.15, -0.1) is 0 Å². The molecule has 0 aliphatic carbocycles. The van der Waals surface area contributed by atoms with Crippen molar-refractivity contribution >= 4 is 23.2 Å². The molecule has 1 fully saturated rings. The van der Waals surface area contributed by atoms with Crippen molar-refractivity contribution in [3.63, 3.8) is 0 Å². The molecule has 1 N–H and O–H groups in total. The van der Waals surface area contributed by atoms with Gasteiger partial charge in [-0.05, 0) is 41.7 Å². The van der Waals surface area contributed by atoms with E-state index in [0.29, 0.717) is 12.5 Å². The molecule has 0 unspecified atom stereocenters. The summed E-state index contributed by atoms with van der Waals surface area (Å²) in [6.07, 6.45) is 1.18. The predicted molar refractivity (Wildman–Crippen MR) is 105 cm³/mol. The van der Waals surface area contributed by atoms with E-state index in [1.54, 1.807) is 4.90 Å². The molecule has 2 aromatic rings. The summed E-state index contributed by atoms with van der Waals surface area (Å²) in [5.41, 5.74) is 4.02. The minimum atomic E-state index is -0.326. The van der Waals surface area contributed by atoms with Crippen LogP contribution in [0.1, 0.15) is 44.2 Å². The topological polar surface area (TPSA) is 49.4 Å². The van der Waals surface area contributed by atoms with Crippen LogP contribution >= 0.6 is 0 Å². The number of benzene rings is 2. The smallest absolute Gasteiger partial charge is 0.229 e. The number of nitrogens with one attached hydrogen (secondary N) is 1. The van der Waals surface area contributed by atoms with E-state index in [-0.39, 0.29) is 24.2 Å². The summed E-state index contributed by atoms with van der Waals surface area (Å²) in [6, 6.07) is 15.8. The van der Waals surface area contributed by atoms with Gasteiger partial charge in [-0.3, -0.25) is 9.59 Å². The van der Waals surface area contributed by atoms with Crippen molar-refractivity contribution < 1.29 is 9.59 Å². The van der Waals surface area contributed by atoms with Gasteiger partial charge in [0, 0.05) is 24.3 Å². The summed E-state index contributed by atoms with van der Waals surface area (Å²) in [7, 11) is 0. The Balaban J connectivity index is 1.73. The van der Waals surface area contributed by atoms with Crippen LogP contribution in [0.3, 0.4) is 0 Å². The van der Waals surface area contributed by atoms with Gasteiger partial charge >= 0.3 is 0 Å². The van der Waals surface area contributed by atoms with Crippen molar-refractivity contribution in [2.24, 2.45) is 5.92 Å². The SMILES string of the molecule is CCc1cccc(N2C[C@H](C(=O)Nc3ccccc3C(C)C)CC2=O)c1. The lowest BCUT2D eigenvalue weighted by molar-refractivity contribution is -0.122. The van der Waals surface area contributed by atoms with Gasteiger partial charge in [0.2, 0.25) is 11.8 Å². The van der Waals surface area contributed by atoms with E-state index >= 15 is 0 Å². The molecule has 1 aliphatic heterocycles. The molecular formula is C22H26N2O2. The fourth-order valence-electron chi connectivity index (χ4n) is 3.43. The molecule has 1 heterocycles. The minimum absolute atomic E-state index is 0.00977. The van der Waals surface area contributed by atoms with Crippen LogP contribution in [0.25, 0.3) is 0 Å². The number of hydrogen-bond acceptors (Lipinski definition) is 2. The zero-order valence-electron chi connectivity index (χ0n) is 15.7. The Morgan fingerprint density at radius 1 is 1.19 bits per heavy atom. The third kappa shape index (κ3) is 3.79. The molecule has 4 heteroatoms. The molecule has 0 aromatic heterocycles. The Labute approximate surface area is 155 Å². The van der Waals surface area contributed by atoms with E-state index in [1.165, 1.54) is 5.56 Å². The Kier molecular flexibility index (Phi) is 5.40. The summed E-state index contributed by atoms with van der Waals surface area (Å²) in [5.74, 6) is -0.0749. The highest BCUT2D eigenvalue weighted by Gasteiger charge is 2.35. The molecule has 1 saturated heterocycles. The largest absolute Gasteiger partial charge is 0.326 e. The molecule has 3 rings (SSSR count). The minimum Gasteiger partial charge on any atom is -0.326 e. The summed E-state index contributed by atoms with van der Waals surface area (Å²) in [5, 5.41) is 3.03. The molecule has 4 nitrogen and oxygen atoms in total. The highest BCUT2D eigenvalue weighted by molar-refractivity contribution is 6.03. The molecule has 26 heavy (non-hydrogen) atoms. The maximum absolute atomic E-state index is 12.7. The molecule has 0 spiro atoms. The van der Waals surface area contributed by atoms with Crippen LogP contribution in [0.5, 0.6) is 0 Å². The molecule has 2 amide bonds. The first-order valence-electron chi connectivity index (χ1n) is 9.28. The second-order valence-electron chi connectivity index (χ2n) is 7.16. The van der Waals surface area contributed by atoms with Gasteiger partial charge in [-0.25, -0.2) is 0 Å². The standard InChI is InChI=1S/C22H26N2O2/c1-4-16-8-7-9-18(12-16)24-14-17(13-21(24)25)22(26)23-20-11-6-5-10-19(20)15(2)3/h5-12,15,17H,4,13-14H2,1-3H3,(H,23,26)/t17-/m1/s1. The first kappa shape index (κ1) is 18.2. The van der Waals surface area contributed by atoms with Crippen molar-refractivity contribution in [2.75, 3.05) is 16.8 Å². The van der Waals surface area contributed by atoms with Gasteiger partial charge < -0.3 is 10.2 Å². The van der Waals surface area contributed by atoms with Crippen molar-refractivity contribution in [1.29, 1.82) is 0 Å². The lowest BCUT2D eigenvalue weighted by Gasteiger charge is -2.18. The van der Waals surface area contributed by atoms with E-state index in [9.17, 15) is 9.59 Å². The Morgan fingerprint density at radius 2 is 1.96 bits per heavy atom. The number of para-hydroxylation sites is 1. The fraction of sp³-hybridized carbons (Fsp3) is 0.364. The highest BCUT2D eigenvalue weighted by Crippen LogP contribution is 2.28. The molecule has 0 radical (unpaired) electrons.